The first kappa shape index (κ1) is 23.1. The van der Waals surface area contributed by atoms with Gasteiger partial charge in [-0.05, 0) is 44.3 Å². The number of ether oxygens (including phenoxy) is 3. The molecule has 6 nitrogen and oxygen atoms in total. The molecule has 0 aromatic heterocycles. The molecule has 30 heavy (non-hydrogen) atoms. The molecule has 0 spiro atoms. The summed E-state index contributed by atoms with van der Waals surface area (Å²) in [4.78, 5) is 16.1. The van der Waals surface area contributed by atoms with Crippen LogP contribution < -0.4 is 9.47 Å². The number of fused-ring (bicyclic) bond motifs is 1. The molecule has 168 valence electrons. The molecular formula is C22H32ClFN2O4. The second-order valence-electron chi connectivity index (χ2n) is 7.73. The van der Waals surface area contributed by atoms with Gasteiger partial charge in [-0.1, -0.05) is 25.4 Å². The molecule has 4 rings (SSSR count). The maximum atomic E-state index is 13.6. The van der Waals surface area contributed by atoms with E-state index in [0.29, 0.717) is 37.2 Å². The van der Waals surface area contributed by atoms with Crippen LogP contribution in [0.3, 0.4) is 0 Å². The molecule has 0 unspecified atom stereocenters. The van der Waals surface area contributed by atoms with Crippen molar-refractivity contribution in [3.8, 4) is 11.5 Å². The summed E-state index contributed by atoms with van der Waals surface area (Å²) < 4.78 is 30.3. The van der Waals surface area contributed by atoms with Crippen molar-refractivity contribution in [1.82, 2.24) is 9.80 Å². The van der Waals surface area contributed by atoms with E-state index in [-0.39, 0.29) is 23.6 Å². The van der Waals surface area contributed by atoms with Gasteiger partial charge in [-0.2, -0.15) is 0 Å². The van der Waals surface area contributed by atoms with Gasteiger partial charge in [-0.15, -0.1) is 0 Å². The van der Waals surface area contributed by atoms with Crippen LogP contribution in [0.15, 0.2) is 12.1 Å². The van der Waals surface area contributed by atoms with E-state index < -0.39 is 5.82 Å². The SMILES string of the molecule is CC.O=C1COCCN1CCC1CCN(C[C@H]2COc3c(Cl)cc(F)cc3O2)CC1. The number of nitrogens with zero attached hydrogens (tertiary/aromatic N) is 2. The zero-order chi connectivity index (χ0) is 21.5. The first-order chi connectivity index (χ1) is 14.6. The minimum Gasteiger partial charge on any atom is -0.484 e. The maximum Gasteiger partial charge on any atom is 0.248 e. The zero-order valence-corrected chi connectivity index (χ0v) is 18.6. The van der Waals surface area contributed by atoms with Crippen molar-refractivity contribution >= 4 is 17.5 Å². The average Bonchev–Trinajstić information content (AvgIpc) is 2.75. The molecule has 0 radical (unpaired) electrons. The van der Waals surface area contributed by atoms with E-state index >= 15 is 0 Å². The highest BCUT2D eigenvalue weighted by Crippen LogP contribution is 2.39. The van der Waals surface area contributed by atoms with Crippen molar-refractivity contribution < 1.29 is 23.4 Å². The van der Waals surface area contributed by atoms with Gasteiger partial charge in [0.1, 0.15) is 25.1 Å². The van der Waals surface area contributed by atoms with Crippen molar-refractivity contribution in [2.75, 3.05) is 52.5 Å². The fraction of sp³-hybridized carbons (Fsp3) is 0.682. The van der Waals surface area contributed by atoms with E-state index in [1.165, 1.54) is 12.1 Å². The summed E-state index contributed by atoms with van der Waals surface area (Å²) in [7, 11) is 0. The Bertz CT molecular complexity index is 713. The first-order valence-corrected chi connectivity index (χ1v) is 11.3. The summed E-state index contributed by atoms with van der Waals surface area (Å²) >= 11 is 6.01. The number of carbonyl (C=O) groups is 1. The van der Waals surface area contributed by atoms with E-state index in [0.717, 1.165) is 45.4 Å². The summed E-state index contributed by atoms with van der Waals surface area (Å²) in [5.74, 6) is 1.13. The van der Waals surface area contributed by atoms with E-state index in [4.69, 9.17) is 25.8 Å². The summed E-state index contributed by atoms with van der Waals surface area (Å²) in [6, 6.07) is 2.56. The molecule has 1 amide bonds. The van der Waals surface area contributed by atoms with Gasteiger partial charge in [0.25, 0.3) is 0 Å². The Hall–Kier alpha value is -1.57. The number of piperidine rings is 1. The Balaban J connectivity index is 0.00000124. The smallest absolute Gasteiger partial charge is 0.248 e. The number of hydrogen-bond donors (Lipinski definition) is 0. The number of halogens is 2. The van der Waals surface area contributed by atoms with E-state index in [1.807, 2.05) is 18.7 Å². The first-order valence-electron chi connectivity index (χ1n) is 10.9. The van der Waals surface area contributed by atoms with Gasteiger partial charge in [-0.3, -0.25) is 9.69 Å². The van der Waals surface area contributed by atoms with Gasteiger partial charge < -0.3 is 19.1 Å². The highest BCUT2D eigenvalue weighted by Gasteiger charge is 2.28. The number of amides is 1. The number of carbonyl (C=O) groups excluding carboxylic acids is 1. The van der Waals surface area contributed by atoms with Gasteiger partial charge in [0.05, 0.1) is 11.6 Å². The monoisotopic (exact) mass is 442 g/mol. The van der Waals surface area contributed by atoms with Crippen LogP contribution in [-0.2, 0) is 9.53 Å². The lowest BCUT2D eigenvalue weighted by molar-refractivity contribution is -0.142. The standard InChI is InChI=1S/C20H26ClFN2O4.C2H6/c21-17-9-15(22)10-18-20(17)27-12-16(28-18)11-23-4-1-14(2-5-23)3-6-24-7-8-26-13-19(24)25;1-2/h9-10,14,16H,1-8,11-13H2;1-2H3/t16-;/m0./s1. The fourth-order valence-electron chi connectivity index (χ4n) is 4.11. The highest BCUT2D eigenvalue weighted by molar-refractivity contribution is 6.32. The van der Waals surface area contributed by atoms with Gasteiger partial charge in [0, 0.05) is 25.7 Å². The quantitative estimate of drug-likeness (QED) is 0.697. The fourth-order valence-corrected chi connectivity index (χ4v) is 4.37. The van der Waals surface area contributed by atoms with Crippen LogP contribution in [0.4, 0.5) is 4.39 Å². The van der Waals surface area contributed by atoms with Crippen LogP contribution in [-0.4, -0.2) is 74.4 Å². The van der Waals surface area contributed by atoms with Gasteiger partial charge in [-0.25, -0.2) is 4.39 Å². The molecule has 2 fully saturated rings. The van der Waals surface area contributed by atoms with Crippen LogP contribution in [0.25, 0.3) is 0 Å². The molecule has 1 aromatic carbocycles. The van der Waals surface area contributed by atoms with Crippen LogP contribution in [0, 0.1) is 11.7 Å². The van der Waals surface area contributed by atoms with Crippen molar-refractivity contribution in [1.29, 1.82) is 0 Å². The topological polar surface area (TPSA) is 51.2 Å². The number of morpholine rings is 1. The Kier molecular flexibility index (Phi) is 8.60. The third-order valence-corrected chi connectivity index (χ3v) is 6.02. The summed E-state index contributed by atoms with van der Waals surface area (Å²) in [6.45, 7) is 9.57. The lowest BCUT2D eigenvalue weighted by Gasteiger charge is -2.36. The van der Waals surface area contributed by atoms with Crippen LogP contribution in [0.1, 0.15) is 33.1 Å². The maximum absolute atomic E-state index is 13.6. The van der Waals surface area contributed by atoms with E-state index in [9.17, 15) is 9.18 Å². The predicted molar refractivity (Wildman–Crippen MR) is 114 cm³/mol. The molecular weight excluding hydrogens is 411 g/mol. The van der Waals surface area contributed by atoms with Crippen molar-refractivity contribution in [2.24, 2.45) is 5.92 Å². The molecule has 1 atom stereocenters. The number of benzene rings is 1. The van der Waals surface area contributed by atoms with Crippen LogP contribution in [0.5, 0.6) is 11.5 Å². The number of hydrogen-bond acceptors (Lipinski definition) is 5. The van der Waals surface area contributed by atoms with Gasteiger partial charge in [0.2, 0.25) is 5.91 Å². The minimum atomic E-state index is -0.424. The second kappa shape index (κ2) is 11.2. The average molecular weight is 443 g/mol. The van der Waals surface area contributed by atoms with Crippen molar-refractivity contribution in [3.05, 3.63) is 23.0 Å². The Morgan fingerprint density at radius 3 is 2.70 bits per heavy atom. The van der Waals surface area contributed by atoms with E-state index in [1.54, 1.807) is 0 Å². The highest BCUT2D eigenvalue weighted by atomic mass is 35.5. The Labute approximate surface area is 183 Å². The van der Waals surface area contributed by atoms with Gasteiger partial charge in [0.15, 0.2) is 11.5 Å². The molecule has 0 bridgehead atoms. The second-order valence-corrected chi connectivity index (χ2v) is 8.14. The van der Waals surface area contributed by atoms with Crippen molar-refractivity contribution in [3.63, 3.8) is 0 Å². The van der Waals surface area contributed by atoms with Crippen LogP contribution >= 0.6 is 11.6 Å². The third kappa shape index (κ3) is 5.99. The van der Waals surface area contributed by atoms with E-state index in [2.05, 4.69) is 4.90 Å². The zero-order valence-electron chi connectivity index (χ0n) is 17.9. The summed E-state index contributed by atoms with van der Waals surface area (Å²) in [5.41, 5.74) is 0. The normalized spacial score (nSPS) is 22.5. The molecule has 3 aliphatic heterocycles. The summed E-state index contributed by atoms with van der Waals surface area (Å²) in [5, 5.41) is 0.244. The minimum absolute atomic E-state index is 0.106. The van der Waals surface area contributed by atoms with Crippen molar-refractivity contribution in [2.45, 2.75) is 39.2 Å². The molecule has 1 aromatic rings. The molecule has 8 heteroatoms. The Morgan fingerprint density at radius 1 is 1.20 bits per heavy atom. The summed E-state index contributed by atoms with van der Waals surface area (Å²) in [6.07, 6.45) is 3.15. The molecule has 0 aliphatic carbocycles. The molecule has 0 saturated carbocycles. The largest absolute Gasteiger partial charge is 0.484 e. The third-order valence-electron chi connectivity index (χ3n) is 5.74. The number of rotatable bonds is 5. The van der Waals surface area contributed by atoms with Crippen LogP contribution in [0.2, 0.25) is 5.02 Å². The number of likely N-dealkylation sites (tertiary alicyclic amines) is 1. The lowest BCUT2D eigenvalue weighted by Crippen LogP contribution is -2.45. The molecule has 3 heterocycles. The lowest BCUT2D eigenvalue weighted by atomic mass is 9.93. The van der Waals surface area contributed by atoms with Gasteiger partial charge >= 0.3 is 0 Å². The molecule has 3 aliphatic rings. The predicted octanol–water partition coefficient (Wildman–Crippen LogP) is 3.61. The molecule has 0 N–H and O–H groups in total. The Morgan fingerprint density at radius 2 is 1.97 bits per heavy atom. The molecule has 2 saturated heterocycles.